The van der Waals surface area contributed by atoms with Crippen molar-refractivity contribution >= 4 is 11.6 Å². The second kappa shape index (κ2) is 5.18. The van der Waals surface area contributed by atoms with Crippen molar-refractivity contribution in [3.8, 4) is 0 Å². The van der Waals surface area contributed by atoms with Crippen molar-refractivity contribution in [2.75, 3.05) is 0 Å². The fourth-order valence-corrected chi connectivity index (χ4v) is 1.70. The minimum Gasteiger partial charge on any atom is -0.207 e. The summed E-state index contributed by atoms with van der Waals surface area (Å²) in [6, 6.07) is 5.28. The summed E-state index contributed by atoms with van der Waals surface area (Å²) >= 11 is 6.30. The van der Waals surface area contributed by atoms with Gasteiger partial charge in [0.05, 0.1) is 0 Å². The van der Waals surface area contributed by atoms with Crippen LogP contribution in [0.4, 0.5) is 4.39 Å². The van der Waals surface area contributed by atoms with Crippen molar-refractivity contribution in [2.24, 2.45) is 5.41 Å². The molecule has 1 rings (SSSR count). The molecule has 0 aliphatic rings. The van der Waals surface area contributed by atoms with Gasteiger partial charge < -0.3 is 0 Å². The van der Waals surface area contributed by atoms with E-state index in [1.807, 2.05) is 12.1 Å². The highest BCUT2D eigenvalue weighted by molar-refractivity contribution is 6.21. The zero-order valence-corrected chi connectivity index (χ0v) is 11.2. The van der Waals surface area contributed by atoms with Gasteiger partial charge in [-0.05, 0) is 42.4 Å². The van der Waals surface area contributed by atoms with Crippen LogP contribution in [0.5, 0.6) is 0 Å². The summed E-state index contributed by atoms with van der Waals surface area (Å²) in [6.07, 6.45) is 1.84. The molecule has 16 heavy (non-hydrogen) atoms. The molecule has 0 aliphatic carbocycles. The largest absolute Gasteiger partial charge is 0.207 e. The van der Waals surface area contributed by atoms with Crippen molar-refractivity contribution in [3.05, 3.63) is 35.1 Å². The predicted octanol–water partition coefficient (Wildman–Crippen LogP) is 4.72. The molecule has 0 heterocycles. The zero-order valence-electron chi connectivity index (χ0n) is 10.5. The van der Waals surface area contributed by atoms with Gasteiger partial charge in [-0.1, -0.05) is 32.9 Å². The van der Waals surface area contributed by atoms with Gasteiger partial charge in [0, 0.05) is 5.38 Å². The Morgan fingerprint density at radius 1 is 1.31 bits per heavy atom. The average molecular weight is 243 g/mol. The van der Waals surface area contributed by atoms with E-state index in [4.69, 9.17) is 11.6 Å². The molecule has 0 fully saturated rings. The molecule has 0 aliphatic heterocycles. The van der Waals surface area contributed by atoms with E-state index < -0.39 is 0 Å². The average Bonchev–Trinajstić information content (AvgIpc) is 2.18. The minimum absolute atomic E-state index is 0.122. The Bertz CT molecular complexity index is 352. The van der Waals surface area contributed by atoms with Crippen LogP contribution in [-0.2, 0) is 6.42 Å². The molecule has 0 bridgehead atoms. The lowest BCUT2D eigenvalue weighted by molar-refractivity contribution is 0.374. The van der Waals surface area contributed by atoms with Crippen LogP contribution in [0.15, 0.2) is 18.2 Å². The number of halogens is 2. The molecular weight excluding hydrogens is 223 g/mol. The lowest BCUT2D eigenvalue weighted by atomic mass is 9.88. The fourth-order valence-electron chi connectivity index (χ4n) is 1.59. The van der Waals surface area contributed by atoms with Crippen LogP contribution < -0.4 is 0 Å². The maximum absolute atomic E-state index is 13.1. The highest BCUT2D eigenvalue weighted by Gasteiger charge is 2.21. The third-order valence-corrected chi connectivity index (χ3v) is 3.72. The summed E-state index contributed by atoms with van der Waals surface area (Å²) in [4.78, 5) is 0. The Kier molecular flexibility index (Phi) is 4.37. The lowest BCUT2D eigenvalue weighted by Gasteiger charge is -2.25. The van der Waals surface area contributed by atoms with Crippen LogP contribution in [0.3, 0.4) is 0 Å². The molecule has 0 radical (unpaired) electrons. The van der Waals surface area contributed by atoms with Crippen LogP contribution in [-0.4, -0.2) is 5.38 Å². The first-order chi connectivity index (χ1) is 7.30. The Balaban J connectivity index is 2.58. The van der Waals surface area contributed by atoms with Crippen molar-refractivity contribution in [1.29, 1.82) is 0 Å². The number of hydrogen-bond acceptors (Lipinski definition) is 0. The van der Waals surface area contributed by atoms with Gasteiger partial charge in [0.15, 0.2) is 0 Å². The highest BCUT2D eigenvalue weighted by Crippen LogP contribution is 2.28. The molecule has 1 unspecified atom stereocenters. The van der Waals surface area contributed by atoms with Crippen molar-refractivity contribution in [3.63, 3.8) is 0 Å². The van der Waals surface area contributed by atoms with E-state index in [1.54, 1.807) is 6.92 Å². The number of aryl methyl sites for hydroxylation is 2. The first-order valence-electron chi connectivity index (χ1n) is 5.70. The summed E-state index contributed by atoms with van der Waals surface area (Å²) in [5.41, 5.74) is 1.99. The molecule has 0 N–H and O–H groups in total. The van der Waals surface area contributed by atoms with E-state index in [0.717, 1.165) is 18.4 Å². The summed E-state index contributed by atoms with van der Waals surface area (Å²) < 4.78 is 13.1. The Hall–Kier alpha value is -0.560. The molecular formula is C14H20ClF. The molecule has 0 aromatic heterocycles. The maximum atomic E-state index is 13.1. The smallest absolute Gasteiger partial charge is 0.126 e. The molecule has 0 amide bonds. The Morgan fingerprint density at radius 3 is 2.44 bits per heavy atom. The topological polar surface area (TPSA) is 0 Å². The third kappa shape index (κ3) is 3.79. The van der Waals surface area contributed by atoms with Gasteiger partial charge in [-0.2, -0.15) is 0 Å². The number of rotatable bonds is 3. The van der Waals surface area contributed by atoms with E-state index in [9.17, 15) is 4.39 Å². The van der Waals surface area contributed by atoms with E-state index in [1.165, 1.54) is 6.07 Å². The van der Waals surface area contributed by atoms with E-state index in [-0.39, 0.29) is 16.6 Å². The Morgan fingerprint density at radius 2 is 1.94 bits per heavy atom. The number of hydrogen-bond donors (Lipinski definition) is 0. The standard InChI is InChI=1S/C14H20ClF/c1-10-9-11(5-7-12(10)16)6-8-13(15)14(2,3)4/h5,7,9,13H,6,8H2,1-4H3. The van der Waals surface area contributed by atoms with Crippen LogP contribution in [0.1, 0.15) is 38.3 Å². The molecule has 1 aromatic carbocycles. The molecule has 0 nitrogen and oxygen atoms in total. The van der Waals surface area contributed by atoms with Crippen LogP contribution in [0.25, 0.3) is 0 Å². The molecule has 90 valence electrons. The van der Waals surface area contributed by atoms with Gasteiger partial charge >= 0.3 is 0 Å². The summed E-state index contributed by atoms with van der Waals surface area (Å²) in [5.74, 6) is -0.137. The second-order valence-corrected chi connectivity index (χ2v) is 5.98. The molecule has 0 saturated heterocycles. The molecule has 0 saturated carbocycles. The highest BCUT2D eigenvalue weighted by atomic mass is 35.5. The van der Waals surface area contributed by atoms with Crippen LogP contribution in [0.2, 0.25) is 0 Å². The van der Waals surface area contributed by atoms with E-state index in [2.05, 4.69) is 20.8 Å². The monoisotopic (exact) mass is 242 g/mol. The fraction of sp³-hybridized carbons (Fsp3) is 0.571. The predicted molar refractivity (Wildman–Crippen MR) is 68.6 cm³/mol. The van der Waals surface area contributed by atoms with Crippen molar-refractivity contribution < 1.29 is 4.39 Å². The molecule has 1 atom stereocenters. The third-order valence-electron chi connectivity index (χ3n) is 2.85. The van der Waals surface area contributed by atoms with Crippen molar-refractivity contribution in [2.45, 2.75) is 45.9 Å². The van der Waals surface area contributed by atoms with Crippen molar-refractivity contribution in [1.82, 2.24) is 0 Å². The van der Waals surface area contributed by atoms with Crippen LogP contribution in [0, 0.1) is 18.2 Å². The normalized spacial score (nSPS) is 13.9. The minimum atomic E-state index is -0.137. The van der Waals surface area contributed by atoms with Gasteiger partial charge in [0.1, 0.15) is 5.82 Å². The van der Waals surface area contributed by atoms with Gasteiger partial charge in [-0.15, -0.1) is 11.6 Å². The molecule has 0 spiro atoms. The maximum Gasteiger partial charge on any atom is 0.126 e. The first kappa shape index (κ1) is 13.5. The Labute approximate surface area is 103 Å². The number of alkyl halides is 1. The first-order valence-corrected chi connectivity index (χ1v) is 6.13. The molecule has 1 aromatic rings. The summed E-state index contributed by atoms with van der Waals surface area (Å²) in [6.45, 7) is 8.21. The number of benzene rings is 1. The quantitative estimate of drug-likeness (QED) is 0.673. The summed E-state index contributed by atoms with van der Waals surface area (Å²) in [5, 5.41) is 0.151. The van der Waals surface area contributed by atoms with Gasteiger partial charge in [0.2, 0.25) is 0 Å². The summed E-state index contributed by atoms with van der Waals surface area (Å²) in [7, 11) is 0. The lowest BCUT2D eigenvalue weighted by Crippen LogP contribution is -2.21. The second-order valence-electron chi connectivity index (χ2n) is 5.46. The van der Waals surface area contributed by atoms with Gasteiger partial charge in [0.25, 0.3) is 0 Å². The molecule has 2 heteroatoms. The van der Waals surface area contributed by atoms with E-state index in [0.29, 0.717) is 5.56 Å². The van der Waals surface area contributed by atoms with E-state index >= 15 is 0 Å². The SMILES string of the molecule is Cc1cc(CCC(Cl)C(C)(C)C)ccc1F. The van der Waals surface area contributed by atoms with Gasteiger partial charge in [-0.3, -0.25) is 0 Å². The van der Waals surface area contributed by atoms with Crippen LogP contribution >= 0.6 is 11.6 Å². The zero-order chi connectivity index (χ0) is 12.3. The van der Waals surface area contributed by atoms with Gasteiger partial charge in [-0.25, -0.2) is 4.39 Å².